The van der Waals surface area contributed by atoms with Gasteiger partial charge in [-0.15, -0.1) is 0 Å². The number of nitrogens with zero attached hydrogens (tertiary/aromatic N) is 1. The highest BCUT2D eigenvalue weighted by atomic mass is 16.5. The molecule has 1 heterocycles. The van der Waals surface area contributed by atoms with Gasteiger partial charge in [0.1, 0.15) is 18.1 Å². The molecule has 0 fully saturated rings. The first-order valence-corrected chi connectivity index (χ1v) is 12.4. The summed E-state index contributed by atoms with van der Waals surface area (Å²) in [5, 5.41) is 2.89. The van der Waals surface area contributed by atoms with E-state index in [1.807, 2.05) is 42.5 Å². The third kappa shape index (κ3) is 5.80. The fourth-order valence-corrected chi connectivity index (χ4v) is 4.26. The number of hydrogen-bond donors (Lipinski definition) is 1. The lowest BCUT2D eigenvalue weighted by atomic mass is 9.78. The summed E-state index contributed by atoms with van der Waals surface area (Å²) in [5.74, 6) is 1.30. The van der Waals surface area contributed by atoms with Crippen LogP contribution in [0.5, 0.6) is 5.75 Å². The van der Waals surface area contributed by atoms with Gasteiger partial charge in [0.05, 0.1) is 0 Å². The molecule has 1 N–H and O–H groups in total. The zero-order valence-corrected chi connectivity index (χ0v) is 21.5. The van der Waals surface area contributed by atoms with E-state index < -0.39 is 0 Å². The predicted molar refractivity (Wildman–Crippen MR) is 146 cm³/mol. The van der Waals surface area contributed by atoms with Gasteiger partial charge < -0.3 is 19.4 Å². The Morgan fingerprint density at radius 3 is 2.11 bits per heavy atom. The third-order valence-electron chi connectivity index (χ3n) is 6.59. The maximum absolute atomic E-state index is 12.6. The summed E-state index contributed by atoms with van der Waals surface area (Å²) >= 11 is 0. The van der Waals surface area contributed by atoms with Crippen LogP contribution in [-0.4, -0.2) is 19.0 Å². The largest absolute Gasteiger partial charge is 0.486 e. The van der Waals surface area contributed by atoms with Crippen molar-refractivity contribution in [2.75, 3.05) is 23.3 Å². The molecular formula is C31H34N2O3. The second kappa shape index (κ2) is 11.2. The average molecular weight is 483 g/mol. The first kappa shape index (κ1) is 25.1. The lowest BCUT2D eigenvalue weighted by molar-refractivity contribution is 0.0992. The molecule has 1 aromatic heterocycles. The standard InChI is InChI=1S/C31H34N2O3/c1-5-33(6-2)26-16-14-25(15-17-26)32-30(34)29-21-20-28(36-29)22-35-27-18-12-24(13-19-27)31(3,4)23-10-8-7-9-11-23/h7-21H,5-6,22H2,1-4H3,(H,32,34). The average Bonchev–Trinajstić information content (AvgIpc) is 3.39. The summed E-state index contributed by atoms with van der Waals surface area (Å²) in [6, 6.07) is 29.9. The van der Waals surface area contributed by atoms with Gasteiger partial charge in [-0.1, -0.05) is 56.3 Å². The van der Waals surface area contributed by atoms with Crippen molar-refractivity contribution >= 4 is 17.3 Å². The van der Waals surface area contributed by atoms with Gasteiger partial charge in [-0.3, -0.25) is 4.79 Å². The normalized spacial score (nSPS) is 11.2. The summed E-state index contributed by atoms with van der Waals surface area (Å²) in [5.41, 5.74) is 4.23. The maximum atomic E-state index is 12.6. The zero-order valence-electron chi connectivity index (χ0n) is 21.5. The molecule has 0 bridgehead atoms. The lowest BCUT2D eigenvalue weighted by Gasteiger charge is -2.26. The van der Waals surface area contributed by atoms with E-state index in [2.05, 4.69) is 74.3 Å². The number of nitrogens with one attached hydrogen (secondary N) is 1. The molecule has 0 radical (unpaired) electrons. The Balaban J connectivity index is 1.33. The van der Waals surface area contributed by atoms with Crippen molar-refractivity contribution < 1.29 is 13.9 Å². The van der Waals surface area contributed by atoms with Crippen LogP contribution < -0.4 is 15.0 Å². The summed E-state index contributed by atoms with van der Waals surface area (Å²) in [7, 11) is 0. The number of ether oxygens (including phenoxy) is 1. The van der Waals surface area contributed by atoms with E-state index in [9.17, 15) is 4.79 Å². The Morgan fingerprint density at radius 2 is 1.47 bits per heavy atom. The highest BCUT2D eigenvalue weighted by Gasteiger charge is 2.22. The van der Waals surface area contributed by atoms with Crippen LogP contribution >= 0.6 is 0 Å². The van der Waals surface area contributed by atoms with Gasteiger partial charge in [0.2, 0.25) is 0 Å². The maximum Gasteiger partial charge on any atom is 0.291 e. The molecule has 186 valence electrons. The molecule has 36 heavy (non-hydrogen) atoms. The Kier molecular flexibility index (Phi) is 7.79. The van der Waals surface area contributed by atoms with Crippen molar-refractivity contribution in [1.29, 1.82) is 0 Å². The number of hydrogen-bond acceptors (Lipinski definition) is 4. The van der Waals surface area contributed by atoms with Crippen LogP contribution in [0.2, 0.25) is 0 Å². The highest BCUT2D eigenvalue weighted by molar-refractivity contribution is 6.02. The first-order valence-electron chi connectivity index (χ1n) is 12.4. The number of furan rings is 1. The van der Waals surface area contributed by atoms with Gasteiger partial charge in [0.15, 0.2) is 5.76 Å². The number of rotatable bonds is 10. The van der Waals surface area contributed by atoms with Crippen LogP contribution in [0, 0.1) is 0 Å². The van der Waals surface area contributed by atoms with Crippen molar-refractivity contribution in [2.24, 2.45) is 0 Å². The minimum Gasteiger partial charge on any atom is -0.486 e. The topological polar surface area (TPSA) is 54.7 Å². The molecule has 5 nitrogen and oxygen atoms in total. The van der Waals surface area contributed by atoms with Gasteiger partial charge in [-0.05, 0) is 73.5 Å². The zero-order chi connectivity index (χ0) is 25.5. The van der Waals surface area contributed by atoms with E-state index in [1.165, 1.54) is 11.1 Å². The van der Waals surface area contributed by atoms with Crippen molar-refractivity contribution in [3.63, 3.8) is 0 Å². The van der Waals surface area contributed by atoms with Crippen molar-refractivity contribution in [1.82, 2.24) is 0 Å². The first-order chi connectivity index (χ1) is 17.4. The Hall–Kier alpha value is -3.99. The molecule has 0 spiro atoms. The van der Waals surface area contributed by atoms with Crippen LogP contribution in [0.3, 0.4) is 0 Å². The van der Waals surface area contributed by atoms with Gasteiger partial charge in [-0.25, -0.2) is 0 Å². The van der Waals surface area contributed by atoms with Crippen LogP contribution in [0.4, 0.5) is 11.4 Å². The Labute approximate surface area is 213 Å². The van der Waals surface area contributed by atoms with Gasteiger partial charge >= 0.3 is 0 Å². The predicted octanol–water partition coefficient (Wildman–Crippen LogP) is 7.28. The Morgan fingerprint density at radius 1 is 0.833 bits per heavy atom. The van der Waals surface area contributed by atoms with E-state index in [1.54, 1.807) is 12.1 Å². The molecule has 0 aliphatic heterocycles. The molecule has 1 amide bonds. The van der Waals surface area contributed by atoms with Crippen molar-refractivity contribution in [2.45, 2.75) is 39.7 Å². The number of carbonyl (C=O) groups is 1. The van der Waals surface area contributed by atoms with Gasteiger partial charge in [0.25, 0.3) is 5.91 Å². The number of amides is 1. The van der Waals surface area contributed by atoms with Crippen LogP contribution in [0.1, 0.15) is 55.1 Å². The second-order valence-corrected chi connectivity index (χ2v) is 9.24. The minimum absolute atomic E-state index is 0.102. The molecule has 4 rings (SSSR count). The molecule has 0 aliphatic rings. The molecule has 3 aromatic carbocycles. The van der Waals surface area contributed by atoms with E-state index in [4.69, 9.17) is 9.15 Å². The van der Waals surface area contributed by atoms with Crippen LogP contribution in [0.15, 0.2) is 95.4 Å². The lowest BCUT2D eigenvalue weighted by Crippen LogP contribution is -2.21. The molecule has 4 aromatic rings. The summed E-state index contributed by atoms with van der Waals surface area (Å²) in [6.45, 7) is 10.8. The number of benzene rings is 3. The smallest absolute Gasteiger partial charge is 0.291 e. The SMILES string of the molecule is CCN(CC)c1ccc(NC(=O)c2ccc(COc3ccc(C(C)(C)c4ccccc4)cc3)o2)cc1. The second-order valence-electron chi connectivity index (χ2n) is 9.24. The van der Waals surface area contributed by atoms with Crippen LogP contribution in [-0.2, 0) is 12.0 Å². The minimum atomic E-state index is -0.288. The van der Waals surface area contributed by atoms with E-state index in [0.717, 1.165) is 30.2 Å². The third-order valence-corrected chi connectivity index (χ3v) is 6.59. The molecule has 0 saturated carbocycles. The molecule has 0 atom stereocenters. The molecule has 0 aliphatic carbocycles. The Bertz CT molecular complexity index is 1260. The van der Waals surface area contributed by atoms with Crippen LogP contribution in [0.25, 0.3) is 0 Å². The molecular weight excluding hydrogens is 448 g/mol. The molecule has 5 heteroatoms. The molecule has 0 saturated heterocycles. The number of anilines is 2. The van der Waals surface area contributed by atoms with Gasteiger partial charge in [-0.2, -0.15) is 0 Å². The van der Waals surface area contributed by atoms with E-state index >= 15 is 0 Å². The molecule has 0 unspecified atom stereocenters. The van der Waals surface area contributed by atoms with Crippen molar-refractivity contribution in [3.8, 4) is 5.75 Å². The summed E-state index contributed by atoms with van der Waals surface area (Å²) in [4.78, 5) is 14.9. The highest BCUT2D eigenvalue weighted by Crippen LogP contribution is 2.32. The van der Waals surface area contributed by atoms with E-state index in [-0.39, 0.29) is 23.7 Å². The fraction of sp³-hybridized carbons (Fsp3) is 0.258. The fourth-order valence-electron chi connectivity index (χ4n) is 4.26. The van der Waals surface area contributed by atoms with Gasteiger partial charge in [0, 0.05) is 29.9 Å². The van der Waals surface area contributed by atoms with E-state index in [0.29, 0.717) is 5.76 Å². The summed E-state index contributed by atoms with van der Waals surface area (Å²) in [6.07, 6.45) is 0. The quantitative estimate of drug-likeness (QED) is 0.258. The van der Waals surface area contributed by atoms with Crippen molar-refractivity contribution in [3.05, 3.63) is 114 Å². The monoisotopic (exact) mass is 482 g/mol. The number of carbonyl (C=O) groups excluding carboxylic acids is 1. The summed E-state index contributed by atoms with van der Waals surface area (Å²) < 4.78 is 11.6.